The number of hydrogen-bond donors (Lipinski definition) is 0. The zero-order valence-corrected chi connectivity index (χ0v) is 14.3. The molecule has 0 N–H and O–H groups in total. The van der Waals surface area contributed by atoms with Crippen LogP contribution in [0.25, 0.3) is 11.0 Å². The van der Waals surface area contributed by atoms with Gasteiger partial charge in [0.05, 0.1) is 0 Å². The van der Waals surface area contributed by atoms with E-state index in [4.69, 9.17) is 13.9 Å². The van der Waals surface area contributed by atoms with Gasteiger partial charge in [-0.2, -0.15) is 0 Å². The molecule has 25 heavy (non-hydrogen) atoms. The van der Waals surface area contributed by atoms with Crippen LogP contribution in [0.15, 0.2) is 51.7 Å². The smallest absolute Gasteiger partial charge is 0.349 e. The first kappa shape index (κ1) is 16.8. The molecule has 1 aromatic heterocycles. The molecular weight excluding hydrogens is 320 g/mol. The van der Waals surface area contributed by atoms with E-state index in [0.29, 0.717) is 17.1 Å². The van der Waals surface area contributed by atoms with Gasteiger partial charge in [-0.25, -0.2) is 9.59 Å². The topological polar surface area (TPSA) is 65.7 Å². The molecule has 5 nitrogen and oxygen atoms in total. The monoisotopic (exact) mass is 338 g/mol. The molecule has 2 aromatic carbocycles. The summed E-state index contributed by atoms with van der Waals surface area (Å²) in [6.07, 6.45) is 0. The maximum Gasteiger partial charge on any atom is 0.349 e. The normalized spacial score (nSPS) is 10.7. The Labute approximate surface area is 144 Å². The molecule has 0 bridgehead atoms. The van der Waals surface area contributed by atoms with Crippen molar-refractivity contribution < 1.29 is 18.7 Å². The summed E-state index contributed by atoms with van der Waals surface area (Å²) in [6, 6.07) is 12.1. The van der Waals surface area contributed by atoms with E-state index in [1.165, 1.54) is 12.1 Å². The van der Waals surface area contributed by atoms with Gasteiger partial charge in [-0.15, -0.1) is 0 Å². The minimum Gasteiger partial charge on any atom is -0.482 e. The van der Waals surface area contributed by atoms with Crippen molar-refractivity contribution in [2.24, 2.45) is 0 Å². The van der Waals surface area contributed by atoms with Gasteiger partial charge in [-0.05, 0) is 50.1 Å². The zero-order chi connectivity index (χ0) is 18.0. The molecule has 0 radical (unpaired) electrons. The van der Waals surface area contributed by atoms with Gasteiger partial charge in [0, 0.05) is 17.5 Å². The van der Waals surface area contributed by atoms with Crippen LogP contribution in [0.1, 0.15) is 16.7 Å². The Morgan fingerprint density at radius 1 is 1.00 bits per heavy atom. The Kier molecular flexibility index (Phi) is 4.57. The summed E-state index contributed by atoms with van der Waals surface area (Å²) < 4.78 is 15.9. The number of aryl methyl sites for hydroxylation is 3. The average molecular weight is 338 g/mol. The fourth-order valence-electron chi connectivity index (χ4n) is 2.63. The maximum atomic E-state index is 12.0. The van der Waals surface area contributed by atoms with Crippen molar-refractivity contribution in [1.82, 2.24) is 0 Å². The number of ether oxygens (including phenoxy) is 2. The molecule has 0 aliphatic rings. The summed E-state index contributed by atoms with van der Waals surface area (Å²) in [7, 11) is 0. The van der Waals surface area contributed by atoms with Crippen molar-refractivity contribution in [2.75, 3.05) is 6.61 Å². The van der Waals surface area contributed by atoms with Gasteiger partial charge >= 0.3 is 11.6 Å². The number of benzene rings is 2. The lowest BCUT2D eigenvalue weighted by Crippen LogP contribution is -2.18. The van der Waals surface area contributed by atoms with Gasteiger partial charge in [0.2, 0.25) is 0 Å². The highest BCUT2D eigenvalue weighted by Crippen LogP contribution is 2.23. The Hall–Kier alpha value is -3.08. The molecule has 0 fully saturated rings. The van der Waals surface area contributed by atoms with Crippen molar-refractivity contribution in [1.29, 1.82) is 0 Å². The summed E-state index contributed by atoms with van der Waals surface area (Å²) >= 11 is 0. The van der Waals surface area contributed by atoms with Crippen LogP contribution >= 0.6 is 0 Å². The molecule has 1 heterocycles. The largest absolute Gasteiger partial charge is 0.482 e. The van der Waals surface area contributed by atoms with Crippen LogP contribution < -0.4 is 15.1 Å². The van der Waals surface area contributed by atoms with Gasteiger partial charge in [0.1, 0.15) is 17.1 Å². The van der Waals surface area contributed by atoms with Gasteiger partial charge in [-0.1, -0.05) is 17.7 Å². The van der Waals surface area contributed by atoms with Gasteiger partial charge in [0.25, 0.3) is 0 Å². The standard InChI is InChI=1S/C20H18O5/c1-12-4-7-17(14(3)8-12)23-11-20(22)24-15-5-6-16-13(2)9-19(21)25-18(16)10-15/h4-10H,11H2,1-3H3. The van der Waals surface area contributed by atoms with E-state index in [1.807, 2.05) is 39.0 Å². The SMILES string of the molecule is Cc1ccc(OCC(=O)Oc2ccc3c(C)cc(=O)oc3c2)c(C)c1. The molecule has 3 rings (SSSR count). The Bertz CT molecular complexity index is 1000. The molecule has 0 amide bonds. The fraction of sp³-hybridized carbons (Fsp3) is 0.200. The lowest BCUT2D eigenvalue weighted by atomic mass is 10.1. The van der Waals surface area contributed by atoms with Crippen LogP contribution in [0.4, 0.5) is 0 Å². The molecule has 0 aliphatic heterocycles. The number of esters is 1. The summed E-state index contributed by atoms with van der Waals surface area (Å²) in [5.41, 5.74) is 2.83. The third kappa shape index (κ3) is 3.88. The van der Waals surface area contributed by atoms with Crippen LogP contribution in [0.5, 0.6) is 11.5 Å². The summed E-state index contributed by atoms with van der Waals surface area (Å²) in [5, 5.41) is 0.797. The van der Waals surface area contributed by atoms with Gasteiger partial charge in [-0.3, -0.25) is 0 Å². The lowest BCUT2D eigenvalue weighted by molar-refractivity contribution is -0.136. The fourth-order valence-corrected chi connectivity index (χ4v) is 2.63. The molecule has 0 saturated carbocycles. The van der Waals surface area contributed by atoms with E-state index in [9.17, 15) is 9.59 Å². The van der Waals surface area contributed by atoms with Crippen molar-refractivity contribution in [3.63, 3.8) is 0 Å². The van der Waals surface area contributed by atoms with E-state index in [2.05, 4.69) is 0 Å². The van der Waals surface area contributed by atoms with Crippen LogP contribution in [0.2, 0.25) is 0 Å². The number of carbonyl (C=O) groups is 1. The first-order valence-corrected chi connectivity index (χ1v) is 7.87. The lowest BCUT2D eigenvalue weighted by Gasteiger charge is -2.10. The number of fused-ring (bicyclic) bond motifs is 1. The predicted octanol–water partition coefficient (Wildman–Crippen LogP) is 3.70. The van der Waals surface area contributed by atoms with Crippen molar-refractivity contribution in [3.05, 3.63) is 69.6 Å². The van der Waals surface area contributed by atoms with Crippen LogP contribution in [-0.2, 0) is 4.79 Å². The molecular formula is C20H18O5. The predicted molar refractivity (Wildman–Crippen MR) is 94.3 cm³/mol. The molecule has 0 unspecified atom stereocenters. The van der Waals surface area contributed by atoms with E-state index < -0.39 is 11.6 Å². The summed E-state index contributed by atoms with van der Waals surface area (Å²) in [6.45, 7) is 5.52. The molecule has 0 saturated heterocycles. The molecule has 128 valence electrons. The quantitative estimate of drug-likeness (QED) is 0.412. The summed E-state index contributed by atoms with van der Waals surface area (Å²) in [5.74, 6) is 0.410. The number of carbonyl (C=O) groups excluding carboxylic acids is 1. The Morgan fingerprint density at radius 2 is 1.80 bits per heavy atom. The van der Waals surface area contributed by atoms with Crippen molar-refractivity contribution in [2.45, 2.75) is 20.8 Å². The van der Waals surface area contributed by atoms with Crippen LogP contribution in [0.3, 0.4) is 0 Å². The van der Waals surface area contributed by atoms with E-state index in [0.717, 1.165) is 22.1 Å². The van der Waals surface area contributed by atoms with Crippen LogP contribution in [-0.4, -0.2) is 12.6 Å². The summed E-state index contributed by atoms with van der Waals surface area (Å²) in [4.78, 5) is 23.5. The maximum absolute atomic E-state index is 12.0. The second kappa shape index (κ2) is 6.81. The molecule has 5 heteroatoms. The van der Waals surface area contributed by atoms with Gasteiger partial charge in [0.15, 0.2) is 6.61 Å². The average Bonchev–Trinajstić information content (AvgIpc) is 2.53. The zero-order valence-electron chi connectivity index (χ0n) is 14.3. The first-order chi connectivity index (χ1) is 11.9. The first-order valence-electron chi connectivity index (χ1n) is 7.87. The van der Waals surface area contributed by atoms with E-state index >= 15 is 0 Å². The minimum absolute atomic E-state index is 0.209. The van der Waals surface area contributed by atoms with Crippen molar-refractivity contribution >= 4 is 16.9 Å². The minimum atomic E-state index is -0.533. The van der Waals surface area contributed by atoms with E-state index in [1.54, 1.807) is 12.1 Å². The molecule has 0 aliphatic carbocycles. The number of rotatable bonds is 4. The Balaban J connectivity index is 1.70. The highest BCUT2D eigenvalue weighted by atomic mass is 16.6. The van der Waals surface area contributed by atoms with E-state index in [-0.39, 0.29) is 6.61 Å². The second-order valence-corrected chi connectivity index (χ2v) is 5.94. The highest BCUT2D eigenvalue weighted by Gasteiger charge is 2.10. The second-order valence-electron chi connectivity index (χ2n) is 5.94. The van der Waals surface area contributed by atoms with Crippen LogP contribution in [0, 0.1) is 20.8 Å². The molecule has 0 atom stereocenters. The third-order valence-corrected chi connectivity index (χ3v) is 3.83. The highest BCUT2D eigenvalue weighted by molar-refractivity contribution is 5.82. The molecule has 0 spiro atoms. The van der Waals surface area contributed by atoms with Gasteiger partial charge < -0.3 is 13.9 Å². The van der Waals surface area contributed by atoms with Crippen molar-refractivity contribution in [3.8, 4) is 11.5 Å². The third-order valence-electron chi connectivity index (χ3n) is 3.83. The molecule has 3 aromatic rings. The number of hydrogen-bond acceptors (Lipinski definition) is 5. The Morgan fingerprint density at radius 3 is 2.56 bits per heavy atom.